The molecular formula is C19H21ClN2O5S2. The number of anilines is 1. The van der Waals surface area contributed by atoms with E-state index in [4.69, 9.17) is 16.3 Å². The predicted octanol–water partition coefficient (Wildman–Crippen LogP) is 3.62. The van der Waals surface area contributed by atoms with Crippen molar-refractivity contribution >= 4 is 50.5 Å². The highest BCUT2D eigenvalue weighted by molar-refractivity contribution is 7.91. The van der Waals surface area contributed by atoms with Gasteiger partial charge in [-0.2, -0.15) is 4.31 Å². The second-order valence-corrected chi connectivity index (χ2v) is 10.1. The van der Waals surface area contributed by atoms with Crippen molar-refractivity contribution in [2.45, 2.75) is 24.0 Å². The number of nitrogens with one attached hydrogen (secondary N) is 1. The molecule has 7 nitrogen and oxygen atoms in total. The lowest BCUT2D eigenvalue weighted by Gasteiger charge is -2.30. The highest BCUT2D eigenvalue weighted by Crippen LogP contribution is 2.28. The number of ether oxygens (including phenoxy) is 1. The van der Waals surface area contributed by atoms with Crippen molar-refractivity contribution in [3.63, 3.8) is 0 Å². The number of hydrogen-bond acceptors (Lipinski definition) is 6. The number of sulfonamides is 1. The van der Waals surface area contributed by atoms with Crippen molar-refractivity contribution in [3.05, 3.63) is 46.3 Å². The fraction of sp³-hybridized carbons (Fsp3) is 0.368. The summed E-state index contributed by atoms with van der Waals surface area (Å²) in [6.45, 7) is 2.40. The number of carbonyl (C=O) groups is 2. The van der Waals surface area contributed by atoms with Crippen LogP contribution in [0.15, 0.2) is 39.9 Å². The lowest BCUT2D eigenvalue weighted by atomic mass is 9.98. The number of hydrogen-bond donors (Lipinski definition) is 1. The molecule has 29 heavy (non-hydrogen) atoms. The van der Waals surface area contributed by atoms with Gasteiger partial charge < -0.3 is 10.1 Å². The number of piperidine rings is 1. The van der Waals surface area contributed by atoms with Crippen molar-refractivity contribution in [1.82, 2.24) is 4.31 Å². The van der Waals surface area contributed by atoms with E-state index in [-0.39, 0.29) is 33.9 Å². The van der Waals surface area contributed by atoms with Gasteiger partial charge in [-0.3, -0.25) is 4.79 Å². The molecule has 1 aliphatic heterocycles. The van der Waals surface area contributed by atoms with Gasteiger partial charge in [0.25, 0.3) is 10.0 Å². The van der Waals surface area contributed by atoms with E-state index < -0.39 is 21.9 Å². The summed E-state index contributed by atoms with van der Waals surface area (Å²) in [5.74, 6) is -1.35. The van der Waals surface area contributed by atoms with Gasteiger partial charge in [0.1, 0.15) is 4.21 Å². The number of thiophene rings is 1. The molecule has 156 valence electrons. The maximum absolute atomic E-state index is 12.7. The van der Waals surface area contributed by atoms with E-state index in [0.717, 1.165) is 11.3 Å². The fourth-order valence-electron chi connectivity index (χ4n) is 3.12. The van der Waals surface area contributed by atoms with Gasteiger partial charge in [0, 0.05) is 18.8 Å². The van der Waals surface area contributed by atoms with Gasteiger partial charge in [-0.05, 0) is 49.4 Å². The molecule has 0 saturated carbocycles. The molecule has 0 bridgehead atoms. The minimum atomic E-state index is -3.59. The third-order valence-corrected chi connectivity index (χ3v) is 8.14. The average molecular weight is 457 g/mol. The van der Waals surface area contributed by atoms with Crippen molar-refractivity contribution in [3.8, 4) is 0 Å². The highest BCUT2D eigenvalue weighted by atomic mass is 35.5. The molecule has 1 amide bonds. The molecule has 0 spiro atoms. The van der Waals surface area contributed by atoms with Crippen LogP contribution in [0.1, 0.15) is 30.1 Å². The summed E-state index contributed by atoms with van der Waals surface area (Å²) in [6.07, 6.45) is 1.18. The molecule has 10 heteroatoms. The van der Waals surface area contributed by atoms with E-state index in [1.54, 1.807) is 30.5 Å². The van der Waals surface area contributed by atoms with Gasteiger partial charge in [0.05, 0.1) is 23.1 Å². The number of rotatable bonds is 6. The minimum Gasteiger partial charge on any atom is -0.462 e. The molecule has 2 aromatic rings. The Morgan fingerprint density at radius 2 is 2.14 bits per heavy atom. The summed E-state index contributed by atoms with van der Waals surface area (Å²) in [5.41, 5.74) is 0.567. The normalized spacial score (nSPS) is 17.7. The smallest absolute Gasteiger partial charge is 0.339 e. The Labute approximate surface area is 178 Å². The first kappa shape index (κ1) is 21.8. The zero-order valence-electron chi connectivity index (χ0n) is 15.8. The maximum atomic E-state index is 12.7. The van der Waals surface area contributed by atoms with Crippen LogP contribution in [0.5, 0.6) is 0 Å². The Balaban J connectivity index is 1.71. The summed E-state index contributed by atoms with van der Waals surface area (Å²) in [6, 6.07) is 7.81. The Hall–Kier alpha value is -1.94. The molecular weight excluding hydrogens is 436 g/mol. The molecule has 1 fully saturated rings. The first-order valence-electron chi connectivity index (χ1n) is 9.14. The lowest BCUT2D eigenvalue weighted by Crippen LogP contribution is -2.43. The van der Waals surface area contributed by atoms with Gasteiger partial charge in [0.2, 0.25) is 5.91 Å². The quantitative estimate of drug-likeness (QED) is 0.670. The van der Waals surface area contributed by atoms with Crippen molar-refractivity contribution in [2.24, 2.45) is 5.92 Å². The maximum Gasteiger partial charge on any atom is 0.339 e. The van der Waals surface area contributed by atoms with Gasteiger partial charge in [-0.25, -0.2) is 13.2 Å². The molecule has 3 rings (SSSR count). The summed E-state index contributed by atoms with van der Waals surface area (Å²) >= 11 is 7.20. The van der Waals surface area contributed by atoms with E-state index in [9.17, 15) is 18.0 Å². The summed E-state index contributed by atoms with van der Waals surface area (Å²) in [4.78, 5) is 24.7. The zero-order chi connectivity index (χ0) is 21.0. The largest absolute Gasteiger partial charge is 0.462 e. The van der Waals surface area contributed by atoms with Crippen LogP contribution in [0, 0.1) is 5.92 Å². The van der Waals surface area contributed by atoms with Crippen LogP contribution in [0.2, 0.25) is 5.02 Å². The number of carbonyl (C=O) groups excluding carboxylic acids is 2. The van der Waals surface area contributed by atoms with E-state index in [1.807, 2.05) is 0 Å². The highest BCUT2D eigenvalue weighted by Gasteiger charge is 2.33. The van der Waals surface area contributed by atoms with Gasteiger partial charge in [-0.15, -0.1) is 11.3 Å². The van der Waals surface area contributed by atoms with Crippen LogP contribution in [0.4, 0.5) is 5.69 Å². The molecule has 1 aromatic heterocycles. The number of amides is 1. The molecule has 2 heterocycles. The minimum absolute atomic E-state index is 0.115. The van der Waals surface area contributed by atoms with Crippen LogP contribution in [-0.4, -0.2) is 44.3 Å². The Bertz CT molecular complexity index is 992. The van der Waals surface area contributed by atoms with Crippen molar-refractivity contribution in [2.75, 3.05) is 25.0 Å². The average Bonchev–Trinajstić information content (AvgIpc) is 3.25. The third-order valence-electron chi connectivity index (χ3n) is 4.57. The Morgan fingerprint density at radius 1 is 1.34 bits per heavy atom. The number of esters is 1. The number of halogens is 1. The second kappa shape index (κ2) is 9.25. The molecule has 1 aromatic carbocycles. The van der Waals surface area contributed by atoms with E-state index in [0.29, 0.717) is 25.1 Å². The molecule has 1 N–H and O–H groups in total. The Morgan fingerprint density at radius 3 is 2.83 bits per heavy atom. The summed E-state index contributed by atoms with van der Waals surface area (Å²) in [7, 11) is -3.59. The monoisotopic (exact) mass is 456 g/mol. The van der Waals surface area contributed by atoms with Crippen LogP contribution in [0.3, 0.4) is 0 Å². The van der Waals surface area contributed by atoms with Crippen LogP contribution in [-0.2, 0) is 19.6 Å². The van der Waals surface area contributed by atoms with Crippen molar-refractivity contribution < 1.29 is 22.7 Å². The topological polar surface area (TPSA) is 92.8 Å². The van der Waals surface area contributed by atoms with Gasteiger partial charge in [0.15, 0.2) is 0 Å². The zero-order valence-corrected chi connectivity index (χ0v) is 18.1. The summed E-state index contributed by atoms with van der Waals surface area (Å²) < 4.78 is 32.1. The van der Waals surface area contributed by atoms with Gasteiger partial charge in [-0.1, -0.05) is 17.7 Å². The van der Waals surface area contributed by atoms with Gasteiger partial charge >= 0.3 is 5.97 Å². The van der Waals surface area contributed by atoms with Crippen LogP contribution in [0.25, 0.3) is 0 Å². The van der Waals surface area contributed by atoms with Crippen molar-refractivity contribution in [1.29, 1.82) is 0 Å². The standard InChI is InChI=1S/C19H21ClN2O5S2/c1-2-27-19(24)15-11-14(7-8-16(15)20)21-18(23)13-5-3-9-22(12-13)29(25,26)17-6-4-10-28-17/h4,6-8,10-11,13H,2-3,5,9,12H2,1H3,(H,21,23). The number of nitrogens with zero attached hydrogens (tertiary/aromatic N) is 1. The first-order valence-corrected chi connectivity index (χ1v) is 11.8. The molecule has 0 radical (unpaired) electrons. The SMILES string of the molecule is CCOC(=O)c1cc(NC(=O)C2CCCN(S(=O)(=O)c3cccs3)C2)ccc1Cl. The molecule has 1 unspecified atom stereocenters. The number of benzene rings is 1. The molecule has 1 aliphatic rings. The third kappa shape index (κ3) is 4.98. The summed E-state index contributed by atoms with van der Waals surface area (Å²) in [5, 5.41) is 4.70. The molecule has 1 atom stereocenters. The first-order chi connectivity index (χ1) is 13.8. The molecule has 1 saturated heterocycles. The fourth-order valence-corrected chi connectivity index (χ4v) is 5.99. The lowest BCUT2D eigenvalue weighted by molar-refractivity contribution is -0.120. The second-order valence-electron chi connectivity index (χ2n) is 6.54. The molecule has 0 aliphatic carbocycles. The Kier molecular flexibility index (Phi) is 6.94. The predicted molar refractivity (Wildman–Crippen MR) is 112 cm³/mol. The van der Waals surface area contributed by atoms with E-state index >= 15 is 0 Å². The van der Waals surface area contributed by atoms with Crippen LogP contribution < -0.4 is 5.32 Å². The van der Waals surface area contributed by atoms with Crippen LogP contribution >= 0.6 is 22.9 Å². The van der Waals surface area contributed by atoms with E-state index in [2.05, 4.69) is 5.32 Å². The van der Waals surface area contributed by atoms with E-state index in [1.165, 1.54) is 16.4 Å².